The summed E-state index contributed by atoms with van der Waals surface area (Å²) in [6, 6.07) is 10.3. The number of primary amides is 1. The van der Waals surface area contributed by atoms with Crippen LogP contribution in [0.1, 0.15) is 6.42 Å². The molecule has 0 bridgehead atoms. The lowest BCUT2D eigenvalue weighted by molar-refractivity contribution is -0.119. The second-order valence-electron chi connectivity index (χ2n) is 4.82. The minimum atomic E-state index is -0.648. The van der Waals surface area contributed by atoms with Gasteiger partial charge >= 0.3 is 0 Å². The summed E-state index contributed by atoms with van der Waals surface area (Å²) < 4.78 is 0. The predicted octanol–water partition coefficient (Wildman–Crippen LogP) is 1.81. The molecule has 6 nitrogen and oxygen atoms in total. The van der Waals surface area contributed by atoms with Gasteiger partial charge in [0.15, 0.2) is 0 Å². The SMILES string of the molecule is NC(=O)C1CC(C(=O)Nc2ccsc2)=NN1c1ccccc1. The molecular formula is C15H14N4O2S. The second-order valence-corrected chi connectivity index (χ2v) is 5.60. The third-order valence-corrected chi connectivity index (χ3v) is 3.98. The number of nitrogens with two attached hydrogens (primary N) is 1. The van der Waals surface area contributed by atoms with E-state index < -0.39 is 11.9 Å². The highest BCUT2D eigenvalue weighted by molar-refractivity contribution is 7.08. The van der Waals surface area contributed by atoms with Gasteiger partial charge in [0.1, 0.15) is 11.8 Å². The molecule has 1 aromatic carbocycles. The monoisotopic (exact) mass is 314 g/mol. The molecule has 1 atom stereocenters. The summed E-state index contributed by atoms with van der Waals surface area (Å²) >= 11 is 1.49. The van der Waals surface area contributed by atoms with E-state index in [-0.39, 0.29) is 12.3 Å². The molecule has 112 valence electrons. The Kier molecular flexibility index (Phi) is 3.88. The molecule has 0 saturated heterocycles. The van der Waals surface area contributed by atoms with Crippen LogP contribution in [0, 0.1) is 0 Å². The van der Waals surface area contributed by atoms with Crippen LogP contribution in [-0.4, -0.2) is 23.6 Å². The number of thiophene rings is 1. The number of rotatable bonds is 4. The van der Waals surface area contributed by atoms with Crippen molar-refractivity contribution in [3.63, 3.8) is 0 Å². The highest BCUT2D eigenvalue weighted by Gasteiger charge is 2.34. The number of anilines is 2. The van der Waals surface area contributed by atoms with Crippen molar-refractivity contribution in [2.24, 2.45) is 10.8 Å². The highest BCUT2D eigenvalue weighted by Crippen LogP contribution is 2.24. The first kappa shape index (κ1) is 14.3. The van der Waals surface area contributed by atoms with Gasteiger partial charge in [-0.3, -0.25) is 14.6 Å². The van der Waals surface area contributed by atoms with E-state index in [9.17, 15) is 9.59 Å². The zero-order valence-corrected chi connectivity index (χ0v) is 12.4. The largest absolute Gasteiger partial charge is 0.368 e. The molecule has 0 saturated carbocycles. The summed E-state index contributed by atoms with van der Waals surface area (Å²) in [7, 11) is 0. The Morgan fingerprint density at radius 1 is 1.27 bits per heavy atom. The van der Waals surface area contributed by atoms with Crippen molar-refractivity contribution < 1.29 is 9.59 Å². The number of carbonyl (C=O) groups is 2. The van der Waals surface area contributed by atoms with E-state index >= 15 is 0 Å². The Bertz CT molecular complexity index is 712. The first-order chi connectivity index (χ1) is 10.6. The topological polar surface area (TPSA) is 87.8 Å². The van der Waals surface area contributed by atoms with Crippen LogP contribution in [0.2, 0.25) is 0 Å². The molecule has 22 heavy (non-hydrogen) atoms. The highest BCUT2D eigenvalue weighted by atomic mass is 32.1. The normalized spacial score (nSPS) is 17.2. The molecule has 0 radical (unpaired) electrons. The third kappa shape index (κ3) is 2.84. The van der Waals surface area contributed by atoms with E-state index in [1.54, 1.807) is 6.07 Å². The molecule has 1 aliphatic rings. The lowest BCUT2D eigenvalue weighted by atomic mass is 10.1. The Labute approximate surface area is 131 Å². The molecule has 0 aliphatic carbocycles. The van der Waals surface area contributed by atoms with Crippen molar-refractivity contribution in [1.82, 2.24) is 0 Å². The van der Waals surface area contributed by atoms with E-state index in [0.717, 1.165) is 5.69 Å². The van der Waals surface area contributed by atoms with Gasteiger partial charge in [-0.05, 0) is 23.6 Å². The summed E-state index contributed by atoms with van der Waals surface area (Å²) in [5.74, 6) is -0.825. The first-order valence-electron chi connectivity index (χ1n) is 6.70. The van der Waals surface area contributed by atoms with Crippen molar-refractivity contribution in [2.75, 3.05) is 10.3 Å². The lowest BCUT2D eigenvalue weighted by Gasteiger charge is -2.20. The number of hydrogen-bond donors (Lipinski definition) is 2. The first-order valence-corrected chi connectivity index (χ1v) is 7.64. The number of benzene rings is 1. The fraction of sp³-hybridized carbons (Fsp3) is 0.133. The summed E-state index contributed by atoms with van der Waals surface area (Å²) in [6.07, 6.45) is 0.195. The van der Waals surface area contributed by atoms with E-state index in [2.05, 4.69) is 10.4 Å². The van der Waals surface area contributed by atoms with Crippen LogP contribution >= 0.6 is 11.3 Å². The maximum atomic E-state index is 12.2. The van der Waals surface area contributed by atoms with Gasteiger partial charge in [0, 0.05) is 11.8 Å². The van der Waals surface area contributed by atoms with Crippen molar-refractivity contribution in [1.29, 1.82) is 0 Å². The van der Waals surface area contributed by atoms with Gasteiger partial charge in [-0.2, -0.15) is 16.4 Å². The maximum absolute atomic E-state index is 12.2. The van der Waals surface area contributed by atoms with Crippen molar-refractivity contribution >= 4 is 40.2 Å². The van der Waals surface area contributed by atoms with Gasteiger partial charge in [-0.15, -0.1) is 0 Å². The second kappa shape index (κ2) is 5.98. The molecular weight excluding hydrogens is 300 g/mol. The summed E-state index contributed by atoms with van der Waals surface area (Å²) in [5.41, 5.74) is 7.17. The van der Waals surface area contributed by atoms with Gasteiger partial charge in [0.05, 0.1) is 11.4 Å². The fourth-order valence-corrected chi connectivity index (χ4v) is 2.81. The van der Waals surface area contributed by atoms with Crippen molar-refractivity contribution in [3.05, 3.63) is 47.2 Å². The molecule has 1 aromatic heterocycles. The maximum Gasteiger partial charge on any atom is 0.271 e. The minimum Gasteiger partial charge on any atom is -0.368 e. The molecule has 1 unspecified atom stereocenters. The number of hydrogen-bond acceptors (Lipinski definition) is 5. The van der Waals surface area contributed by atoms with E-state index in [4.69, 9.17) is 5.73 Å². The number of carbonyl (C=O) groups excluding carboxylic acids is 2. The summed E-state index contributed by atoms with van der Waals surface area (Å²) in [5, 5.41) is 12.2. The quantitative estimate of drug-likeness (QED) is 0.902. The molecule has 2 heterocycles. The molecule has 7 heteroatoms. The number of nitrogens with one attached hydrogen (secondary N) is 1. The molecule has 0 fully saturated rings. The zero-order valence-electron chi connectivity index (χ0n) is 11.6. The van der Waals surface area contributed by atoms with Gasteiger partial charge < -0.3 is 11.1 Å². The molecule has 2 aromatic rings. The predicted molar refractivity (Wildman–Crippen MR) is 86.9 cm³/mol. The zero-order chi connectivity index (χ0) is 15.5. The smallest absolute Gasteiger partial charge is 0.271 e. The average Bonchev–Trinajstić information content (AvgIpc) is 3.17. The fourth-order valence-electron chi connectivity index (χ4n) is 2.23. The number of hydrazone groups is 1. The van der Waals surface area contributed by atoms with Crippen LogP contribution in [0.4, 0.5) is 11.4 Å². The lowest BCUT2D eigenvalue weighted by Crippen LogP contribution is -2.39. The van der Waals surface area contributed by atoms with E-state index in [0.29, 0.717) is 11.4 Å². The number of amides is 2. The molecule has 2 amide bonds. The molecule has 3 N–H and O–H groups in total. The van der Waals surface area contributed by atoms with Crippen LogP contribution in [0.25, 0.3) is 0 Å². The van der Waals surface area contributed by atoms with Crippen LogP contribution in [0.5, 0.6) is 0 Å². The summed E-state index contributed by atoms with van der Waals surface area (Å²) in [6.45, 7) is 0. The molecule has 0 spiro atoms. The van der Waals surface area contributed by atoms with E-state index in [1.165, 1.54) is 16.3 Å². The summed E-state index contributed by atoms with van der Waals surface area (Å²) in [4.78, 5) is 23.9. The third-order valence-electron chi connectivity index (χ3n) is 3.30. The Morgan fingerprint density at radius 3 is 2.68 bits per heavy atom. The van der Waals surface area contributed by atoms with Gasteiger partial charge in [-0.25, -0.2) is 0 Å². The van der Waals surface area contributed by atoms with E-state index in [1.807, 2.05) is 41.1 Å². The molecule has 1 aliphatic heterocycles. The number of nitrogens with zero attached hydrogens (tertiary/aromatic N) is 2. The van der Waals surface area contributed by atoms with Gasteiger partial charge in [0.2, 0.25) is 5.91 Å². The minimum absolute atomic E-state index is 0.195. The standard InChI is InChI=1S/C15H14N4O2S/c16-14(20)13-8-12(15(21)17-10-6-7-22-9-10)18-19(13)11-4-2-1-3-5-11/h1-7,9,13H,8H2,(H2,16,20)(H,17,21). The van der Waals surface area contributed by atoms with Crippen LogP contribution in [0.3, 0.4) is 0 Å². The van der Waals surface area contributed by atoms with Crippen molar-refractivity contribution in [2.45, 2.75) is 12.5 Å². The van der Waals surface area contributed by atoms with Crippen LogP contribution in [0.15, 0.2) is 52.3 Å². The number of para-hydroxylation sites is 1. The Hall–Kier alpha value is -2.67. The van der Waals surface area contributed by atoms with Crippen LogP contribution in [-0.2, 0) is 9.59 Å². The Balaban J connectivity index is 1.83. The van der Waals surface area contributed by atoms with Gasteiger partial charge in [-0.1, -0.05) is 18.2 Å². The Morgan fingerprint density at radius 2 is 2.05 bits per heavy atom. The molecule has 3 rings (SSSR count). The average molecular weight is 314 g/mol. The van der Waals surface area contributed by atoms with Gasteiger partial charge in [0.25, 0.3) is 5.91 Å². The van der Waals surface area contributed by atoms with Crippen LogP contribution < -0.4 is 16.1 Å². The van der Waals surface area contributed by atoms with Crippen molar-refractivity contribution in [3.8, 4) is 0 Å².